The van der Waals surface area contributed by atoms with Crippen molar-refractivity contribution in [2.45, 2.75) is 33.0 Å². The van der Waals surface area contributed by atoms with Crippen molar-refractivity contribution >= 4 is 23.8 Å². The molecule has 0 saturated heterocycles. The third-order valence-corrected chi connectivity index (χ3v) is 3.89. The fourth-order valence-electron chi connectivity index (χ4n) is 2.58. The zero-order chi connectivity index (χ0) is 22.3. The number of methoxy groups -OCH3 is 2. The van der Waals surface area contributed by atoms with Gasteiger partial charge in [-0.25, -0.2) is 9.59 Å². The summed E-state index contributed by atoms with van der Waals surface area (Å²) in [6.45, 7) is 9.26. The summed E-state index contributed by atoms with van der Waals surface area (Å²) >= 11 is 0. The summed E-state index contributed by atoms with van der Waals surface area (Å²) in [6.07, 6.45) is 1.05. The molecule has 0 heterocycles. The summed E-state index contributed by atoms with van der Waals surface area (Å²) in [5.74, 6) is 0.521. The molecule has 0 aromatic heterocycles. The van der Waals surface area contributed by atoms with Crippen LogP contribution in [0.25, 0.3) is 6.08 Å². The number of ether oxygens (including phenoxy) is 4. The smallest absolute Gasteiger partial charge is 0.412 e. The van der Waals surface area contributed by atoms with Crippen LogP contribution in [-0.2, 0) is 16.1 Å². The van der Waals surface area contributed by atoms with Gasteiger partial charge in [0.1, 0.15) is 23.7 Å². The van der Waals surface area contributed by atoms with E-state index in [4.69, 9.17) is 18.9 Å². The normalized spacial score (nSPS) is 10.7. The van der Waals surface area contributed by atoms with Crippen LogP contribution in [0.2, 0.25) is 0 Å². The maximum atomic E-state index is 12.2. The molecule has 2 aromatic carbocycles. The number of nitrogens with one attached hydrogen (secondary N) is 1. The van der Waals surface area contributed by atoms with Crippen LogP contribution in [0.5, 0.6) is 11.5 Å². The first-order chi connectivity index (χ1) is 14.1. The maximum Gasteiger partial charge on any atom is 0.412 e. The molecule has 0 fully saturated rings. The van der Waals surface area contributed by atoms with Gasteiger partial charge in [-0.1, -0.05) is 12.7 Å². The molecule has 30 heavy (non-hydrogen) atoms. The van der Waals surface area contributed by atoms with Crippen LogP contribution < -0.4 is 14.8 Å². The van der Waals surface area contributed by atoms with Gasteiger partial charge < -0.3 is 18.9 Å². The second-order valence-corrected chi connectivity index (χ2v) is 7.44. The highest BCUT2D eigenvalue weighted by atomic mass is 16.6. The Kier molecular flexibility index (Phi) is 7.47. The molecule has 7 heteroatoms. The van der Waals surface area contributed by atoms with Gasteiger partial charge in [0.05, 0.1) is 25.5 Å². The van der Waals surface area contributed by atoms with Crippen molar-refractivity contribution in [3.05, 3.63) is 59.7 Å². The number of hydrogen-bond donors (Lipinski definition) is 1. The summed E-state index contributed by atoms with van der Waals surface area (Å²) < 4.78 is 21.3. The fourth-order valence-corrected chi connectivity index (χ4v) is 2.58. The van der Waals surface area contributed by atoms with E-state index in [9.17, 15) is 9.59 Å². The summed E-state index contributed by atoms with van der Waals surface area (Å²) in [5.41, 5.74) is 1.63. The van der Waals surface area contributed by atoms with Crippen molar-refractivity contribution < 1.29 is 28.5 Å². The van der Waals surface area contributed by atoms with E-state index in [1.807, 2.05) is 18.2 Å². The standard InChI is InChI=1S/C23H27NO6/c1-7-15-10-16(12-18(11-15)27-5)14-29-20-9-8-17(21(25)28-6)13-19(20)24-22(26)30-23(2,3)4/h7-13H,1,14H2,2-6H3,(H,24,26). The number of carbonyl (C=O) groups is 2. The molecule has 7 nitrogen and oxygen atoms in total. The highest BCUT2D eigenvalue weighted by molar-refractivity contribution is 5.94. The minimum atomic E-state index is -0.674. The van der Waals surface area contributed by atoms with E-state index in [0.29, 0.717) is 17.2 Å². The molecule has 1 amide bonds. The lowest BCUT2D eigenvalue weighted by molar-refractivity contribution is 0.0596. The third kappa shape index (κ3) is 6.55. The predicted octanol–water partition coefficient (Wildman–Crippen LogP) is 5.05. The van der Waals surface area contributed by atoms with Crippen LogP contribution in [0.3, 0.4) is 0 Å². The van der Waals surface area contributed by atoms with Gasteiger partial charge in [0.15, 0.2) is 0 Å². The average molecular weight is 413 g/mol. The quantitative estimate of drug-likeness (QED) is 0.640. The molecule has 0 radical (unpaired) electrons. The van der Waals surface area contributed by atoms with Crippen LogP contribution in [0.15, 0.2) is 43.0 Å². The second kappa shape index (κ2) is 9.82. The molecule has 0 spiro atoms. The Morgan fingerprint density at radius 1 is 1.10 bits per heavy atom. The van der Waals surface area contributed by atoms with E-state index in [1.165, 1.54) is 13.2 Å². The van der Waals surface area contributed by atoms with Gasteiger partial charge in [0.2, 0.25) is 0 Å². The van der Waals surface area contributed by atoms with Crippen LogP contribution in [0.1, 0.15) is 42.3 Å². The number of hydrogen-bond acceptors (Lipinski definition) is 6. The third-order valence-electron chi connectivity index (χ3n) is 3.89. The molecule has 0 unspecified atom stereocenters. The van der Waals surface area contributed by atoms with Crippen LogP contribution in [-0.4, -0.2) is 31.9 Å². The molecule has 0 aliphatic rings. The summed E-state index contributed by atoms with van der Waals surface area (Å²) in [5, 5.41) is 2.63. The van der Waals surface area contributed by atoms with E-state index in [1.54, 1.807) is 46.1 Å². The van der Waals surface area contributed by atoms with Gasteiger partial charge in [0, 0.05) is 0 Å². The van der Waals surface area contributed by atoms with Crippen LogP contribution in [0.4, 0.5) is 10.5 Å². The Bertz CT molecular complexity index is 930. The molecular weight excluding hydrogens is 386 g/mol. The first kappa shape index (κ1) is 22.8. The molecule has 0 atom stereocenters. The topological polar surface area (TPSA) is 83.1 Å². The van der Waals surface area contributed by atoms with Gasteiger partial charge in [-0.3, -0.25) is 5.32 Å². The van der Waals surface area contributed by atoms with E-state index >= 15 is 0 Å². The van der Waals surface area contributed by atoms with Crippen LogP contribution in [0, 0.1) is 0 Å². The molecule has 0 aliphatic carbocycles. The molecule has 1 N–H and O–H groups in total. The van der Waals surface area contributed by atoms with Crippen LogP contribution >= 0.6 is 0 Å². The molecule has 2 aromatic rings. The number of benzene rings is 2. The van der Waals surface area contributed by atoms with E-state index < -0.39 is 17.7 Å². The van der Waals surface area contributed by atoms with Gasteiger partial charge >= 0.3 is 12.1 Å². The van der Waals surface area contributed by atoms with E-state index in [-0.39, 0.29) is 12.2 Å². The number of carbonyl (C=O) groups excluding carboxylic acids is 2. The molecule has 0 bridgehead atoms. The Labute approximate surface area is 176 Å². The Morgan fingerprint density at radius 2 is 1.83 bits per heavy atom. The summed E-state index contributed by atoms with van der Waals surface area (Å²) in [6, 6.07) is 10.2. The molecule has 0 saturated carbocycles. The first-order valence-electron chi connectivity index (χ1n) is 9.30. The average Bonchev–Trinajstić information content (AvgIpc) is 2.70. The fraction of sp³-hybridized carbons (Fsp3) is 0.304. The summed E-state index contributed by atoms with van der Waals surface area (Å²) in [4.78, 5) is 24.1. The zero-order valence-electron chi connectivity index (χ0n) is 17.9. The number of anilines is 1. The highest BCUT2D eigenvalue weighted by Crippen LogP contribution is 2.28. The predicted molar refractivity (Wildman–Crippen MR) is 115 cm³/mol. The second-order valence-electron chi connectivity index (χ2n) is 7.44. The monoisotopic (exact) mass is 413 g/mol. The lowest BCUT2D eigenvalue weighted by Gasteiger charge is -2.21. The molecular formula is C23H27NO6. The number of rotatable bonds is 7. The van der Waals surface area contributed by atoms with Gasteiger partial charge in [-0.05, 0) is 68.3 Å². The first-order valence-corrected chi connectivity index (χ1v) is 9.30. The van der Waals surface area contributed by atoms with E-state index in [2.05, 4.69) is 11.9 Å². The van der Waals surface area contributed by atoms with Gasteiger partial charge in [-0.2, -0.15) is 0 Å². The summed E-state index contributed by atoms with van der Waals surface area (Å²) in [7, 11) is 2.87. The molecule has 2 rings (SSSR count). The SMILES string of the molecule is C=Cc1cc(COc2ccc(C(=O)OC)cc2NC(=O)OC(C)(C)C)cc(OC)c1. The van der Waals surface area contributed by atoms with Crippen molar-refractivity contribution in [3.8, 4) is 11.5 Å². The zero-order valence-corrected chi connectivity index (χ0v) is 17.9. The Morgan fingerprint density at radius 3 is 2.43 bits per heavy atom. The minimum absolute atomic E-state index is 0.207. The van der Waals surface area contributed by atoms with Crippen molar-refractivity contribution in [3.63, 3.8) is 0 Å². The van der Waals surface area contributed by atoms with E-state index in [0.717, 1.165) is 11.1 Å². The minimum Gasteiger partial charge on any atom is -0.497 e. The lowest BCUT2D eigenvalue weighted by Crippen LogP contribution is -2.27. The largest absolute Gasteiger partial charge is 0.497 e. The van der Waals surface area contributed by atoms with Crippen molar-refractivity contribution in [1.29, 1.82) is 0 Å². The van der Waals surface area contributed by atoms with Gasteiger partial charge in [-0.15, -0.1) is 0 Å². The number of esters is 1. The number of amides is 1. The molecule has 160 valence electrons. The Hall–Kier alpha value is -3.48. The molecule has 0 aliphatic heterocycles. The van der Waals surface area contributed by atoms with Crippen molar-refractivity contribution in [2.24, 2.45) is 0 Å². The van der Waals surface area contributed by atoms with Gasteiger partial charge in [0.25, 0.3) is 0 Å². The Balaban J connectivity index is 2.28. The van der Waals surface area contributed by atoms with Crippen molar-refractivity contribution in [2.75, 3.05) is 19.5 Å². The lowest BCUT2D eigenvalue weighted by atomic mass is 10.1. The highest BCUT2D eigenvalue weighted by Gasteiger charge is 2.19. The van der Waals surface area contributed by atoms with Crippen molar-refractivity contribution in [1.82, 2.24) is 0 Å². The maximum absolute atomic E-state index is 12.2.